The molecule has 0 spiro atoms. The van der Waals surface area contributed by atoms with E-state index in [0.717, 1.165) is 26.2 Å². The number of carbonyl (C=O) groups is 1. The average Bonchev–Trinajstić information content (AvgIpc) is 3.37. The summed E-state index contributed by atoms with van der Waals surface area (Å²) in [4.78, 5) is 25.8. The van der Waals surface area contributed by atoms with E-state index in [1.807, 2.05) is 0 Å². The molecule has 27 heavy (non-hydrogen) atoms. The van der Waals surface area contributed by atoms with Crippen molar-refractivity contribution in [2.24, 2.45) is 0 Å². The molecule has 1 amide bonds. The van der Waals surface area contributed by atoms with Crippen molar-refractivity contribution in [2.75, 3.05) is 45.1 Å². The Morgan fingerprint density at radius 2 is 2.07 bits per heavy atom. The lowest BCUT2D eigenvalue weighted by molar-refractivity contribution is -0.117. The lowest BCUT2D eigenvalue weighted by Crippen LogP contribution is -2.47. The van der Waals surface area contributed by atoms with E-state index in [2.05, 4.69) is 37.2 Å². The van der Waals surface area contributed by atoms with Crippen LogP contribution in [0.4, 0.5) is 5.82 Å². The second kappa shape index (κ2) is 7.68. The van der Waals surface area contributed by atoms with Crippen molar-refractivity contribution in [1.82, 2.24) is 29.5 Å². The molecule has 0 saturated carbocycles. The van der Waals surface area contributed by atoms with E-state index in [0.29, 0.717) is 29.8 Å². The van der Waals surface area contributed by atoms with Gasteiger partial charge in [0.1, 0.15) is 5.82 Å². The van der Waals surface area contributed by atoms with Gasteiger partial charge in [0, 0.05) is 44.6 Å². The van der Waals surface area contributed by atoms with Gasteiger partial charge in [0.05, 0.1) is 12.8 Å². The number of nitrogens with one attached hydrogen (secondary N) is 1. The third-order valence-electron chi connectivity index (χ3n) is 4.42. The molecule has 0 atom stereocenters. The smallest absolute Gasteiger partial charge is 0.239 e. The van der Waals surface area contributed by atoms with Crippen LogP contribution in [0.25, 0.3) is 17.4 Å². The van der Waals surface area contributed by atoms with Gasteiger partial charge in [-0.3, -0.25) is 9.69 Å². The lowest BCUT2D eigenvalue weighted by Gasteiger charge is -2.31. The molecule has 0 bridgehead atoms. The molecule has 0 radical (unpaired) electrons. The predicted molar refractivity (Wildman–Crippen MR) is 99.4 cm³/mol. The van der Waals surface area contributed by atoms with Crippen molar-refractivity contribution >= 4 is 11.7 Å². The Balaban J connectivity index is 1.53. The van der Waals surface area contributed by atoms with Gasteiger partial charge in [0.25, 0.3) is 0 Å². The molecule has 4 rings (SSSR count). The maximum absolute atomic E-state index is 12.5. The van der Waals surface area contributed by atoms with Crippen LogP contribution < -0.4 is 5.32 Å². The van der Waals surface area contributed by atoms with Crippen LogP contribution in [0.1, 0.15) is 0 Å². The van der Waals surface area contributed by atoms with Gasteiger partial charge < -0.3 is 14.6 Å². The van der Waals surface area contributed by atoms with Crippen LogP contribution in [0.5, 0.6) is 0 Å². The fraction of sp³-hybridized carbons (Fsp3) is 0.333. The summed E-state index contributed by atoms with van der Waals surface area (Å²) in [6, 6.07) is 7.05. The molecule has 140 valence electrons. The van der Waals surface area contributed by atoms with E-state index in [4.69, 9.17) is 4.42 Å². The van der Waals surface area contributed by atoms with Crippen LogP contribution >= 0.6 is 0 Å². The first kappa shape index (κ1) is 17.4. The Labute approximate surface area is 156 Å². The molecule has 9 nitrogen and oxygen atoms in total. The molecule has 1 saturated heterocycles. The number of anilines is 1. The van der Waals surface area contributed by atoms with E-state index in [-0.39, 0.29) is 5.91 Å². The first-order chi connectivity index (χ1) is 13.2. The minimum Gasteiger partial charge on any atom is -0.461 e. The Kier molecular flexibility index (Phi) is 4.95. The van der Waals surface area contributed by atoms with Crippen molar-refractivity contribution in [2.45, 2.75) is 0 Å². The van der Waals surface area contributed by atoms with E-state index in [1.54, 1.807) is 47.6 Å². The molecule has 1 N–H and O–H groups in total. The fourth-order valence-electron chi connectivity index (χ4n) is 2.93. The molecule has 1 aliphatic heterocycles. The summed E-state index contributed by atoms with van der Waals surface area (Å²) in [5.41, 5.74) is 0. The maximum atomic E-state index is 12.5. The van der Waals surface area contributed by atoms with Crippen molar-refractivity contribution < 1.29 is 9.21 Å². The predicted octanol–water partition coefficient (Wildman–Crippen LogP) is 1.11. The van der Waals surface area contributed by atoms with E-state index < -0.39 is 0 Å². The highest BCUT2D eigenvalue weighted by molar-refractivity contribution is 5.91. The standard InChI is InChI=1S/C18H21N7O2/c1-23-7-9-24(10-8-23)13-17(26)20-15-12-16(25-6-3-5-19-25)22-18(21-15)14-4-2-11-27-14/h2-6,11-12H,7-10,13H2,1H3,(H,20,21,22,26). The molecule has 3 aromatic rings. The fourth-order valence-corrected chi connectivity index (χ4v) is 2.93. The molecule has 1 fully saturated rings. The Bertz CT molecular complexity index is 832. The second-order valence-corrected chi connectivity index (χ2v) is 6.49. The highest BCUT2D eigenvalue weighted by Gasteiger charge is 2.18. The van der Waals surface area contributed by atoms with Crippen molar-refractivity contribution in [3.05, 3.63) is 42.9 Å². The summed E-state index contributed by atoms with van der Waals surface area (Å²) in [7, 11) is 2.09. The monoisotopic (exact) mass is 367 g/mol. The van der Waals surface area contributed by atoms with Gasteiger partial charge in [-0.25, -0.2) is 14.6 Å². The molecule has 4 heterocycles. The minimum absolute atomic E-state index is 0.102. The third-order valence-corrected chi connectivity index (χ3v) is 4.42. The summed E-state index contributed by atoms with van der Waals surface area (Å²) in [5, 5.41) is 7.08. The van der Waals surface area contributed by atoms with Gasteiger partial charge in [0.2, 0.25) is 5.91 Å². The van der Waals surface area contributed by atoms with Gasteiger partial charge in [-0.15, -0.1) is 0 Å². The Hall–Kier alpha value is -3.04. The number of nitrogens with zero attached hydrogens (tertiary/aromatic N) is 6. The Morgan fingerprint density at radius 1 is 1.22 bits per heavy atom. The van der Waals surface area contributed by atoms with Crippen LogP contribution in [0, 0.1) is 0 Å². The molecule has 3 aromatic heterocycles. The number of hydrogen-bond donors (Lipinski definition) is 1. The molecule has 9 heteroatoms. The van der Waals surface area contributed by atoms with Gasteiger partial charge >= 0.3 is 0 Å². The topological polar surface area (TPSA) is 92.3 Å². The van der Waals surface area contributed by atoms with Crippen molar-refractivity contribution in [3.8, 4) is 17.4 Å². The maximum Gasteiger partial charge on any atom is 0.239 e. The second-order valence-electron chi connectivity index (χ2n) is 6.49. The number of aromatic nitrogens is 4. The first-order valence-electron chi connectivity index (χ1n) is 8.81. The van der Waals surface area contributed by atoms with E-state index in [1.165, 1.54) is 0 Å². The van der Waals surface area contributed by atoms with Crippen LogP contribution in [-0.4, -0.2) is 75.2 Å². The van der Waals surface area contributed by atoms with Crippen LogP contribution in [0.3, 0.4) is 0 Å². The zero-order valence-corrected chi connectivity index (χ0v) is 15.1. The number of amides is 1. The van der Waals surface area contributed by atoms with Gasteiger partial charge in [-0.05, 0) is 25.2 Å². The average molecular weight is 367 g/mol. The summed E-state index contributed by atoms with van der Waals surface area (Å²) >= 11 is 0. The van der Waals surface area contributed by atoms with Crippen molar-refractivity contribution in [3.63, 3.8) is 0 Å². The summed E-state index contributed by atoms with van der Waals surface area (Å²) in [6.07, 6.45) is 5.01. The SMILES string of the molecule is CN1CCN(CC(=O)Nc2cc(-n3cccn3)nc(-c3ccco3)n2)CC1. The third kappa shape index (κ3) is 4.21. The minimum atomic E-state index is -0.102. The number of rotatable bonds is 5. The Morgan fingerprint density at radius 3 is 2.78 bits per heavy atom. The lowest BCUT2D eigenvalue weighted by atomic mass is 10.3. The first-order valence-corrected chi connectivity index (χ1v) is 8.81. The normalized spacial score (nSPS) is 15.7. The molecule has 0 aromatic carbocycles. The van der Waals surface area contributed by atoms with Gasteiger partial charge in [-0.1, -0.05) is 0 Å². The number of hydrogen-bond acceptors (Lipinski definition) is 7. The highest BCUT2D eigenvalue weighted by Crippen LogP contribution is 2.20. The summed E-state index contributed by atoms with van der Waals surface area (Å²) in [5.74, 6) is 1.79. The van der Waals surface area contributed by atoms with Gasteiger partial charge in [-0.2, -0.15) is 5.10 Å². The van der Waals surface area contributed by atoms with E-state index >= 15 is 0 Å². The molecular formula is C18H21N7O2. The van der Waals surface area contributed by atoms with Crippen LogP contribution in [0.2, 0.25) is 0 Å². The quantitative estimate of drug-likeness (QED) is 0.722. The molecular weight excluding hydrogens is 346 g/mol. The zero-order valence-electron chi connectivity index (χ0n) is 15.1. The number of carbonyl (C=O) groups excluding carboxylic acids is 1. The largest absolute Gasteiger partial charge is 0.461 e. The molecule has 0 unspecified atom stereocenters. The van der Waals surface area contributed by atoms with Crippen LogP contribution in [-0.2, 0) is 4.79 Å². The number of furan rings is 1. The summed E-state index contributed by atoms with van der Waals surface area (Å²) < 4.78 is 7.02. The molecule has 1 aliphatic rings. The highest BCUT2D eigenvalue weighted by atomic mass is 16.3. The molecule has 0 aliphatic carbocycles. The number of piperazine rings is 1. The van der Waals surface area contributed by atoms with E-state index in [9.17, 15) is 4.79 Å². The van der Waals surface area contributed by atoms with Crippen LogP contribution in [0.15, 0.2) is 47.3 Å². The van der Waals surface area contributed by atoms with Crippen molar-refractivity contribution in [1.29, 1.82) is 0 Å². The number of likely N-dealkylation sites (N-methyl/N-ethyl adjacent to an activating group) is 1. The zero-order chi connectivity index (χ0) is 18.6. The van der Waals surface area contributed by atoms with Gasteiger partial charge in [0.15, 0.2) is 17.4 Å². The summed E-state index contributed by atoms with van der Waals surface area (Å²) in [6.45, 7) is 4.03.